The summed E-state index contributed by atoms with van der Waals surface area (Å²) >= 11 is 0. The molecule has 2 heterocycles. The fraction of sp³-hybridized carbons (Fsp3) is 0.286. The number of nitro groups is 1. The number of nitro benzene ring substituents is 1. The number of hydrogen-bond acceptors (Lipinski definition) is 7. The van der Waals surface area contributed by atoms with Gasteiger partial charge in [0.15, 0.2) is 0 Å². The molecule has 2 aliphatic heterocycles. The van der Waals surface area contributed by atoms with Crippen LogP contribution in [0, 0.1) is 10.1 Å². The first-order chi connectivity index (χ1) is 18.0. The van der Waals surface area contributed by atoms with Crippen LogP contribution in [0.2, 0.25) is 0 Å². The molecule has 0 N–H and O–H groups in total. The second-order valence-electron chi connectivity index (χ2n) is 9.18. The summed E-state index contributed by atoms with van der Waals surface area (Å²) in [6.45, 7) is 3.21. The number of piperazine rings is 1. The fourth-order valence-corrected chi connectivity index (χ4v) is 4.84. The highest BCUT2D eigenvalue weighted by molar-refractivity contribution is 6.03. The third kappa shape index (κ3) is 5.46. The molecule has 9 nitrogen and oxygen atoms in total. The number of rotatable bonds is 7. The molecule has 0 aromatic heterocycles. The molecule has 1 fully saturated rings. The average Bonchev–Trinajstić information content (AvgIpc) is 3.40. The van der Waals surface area contributed by atoms with Crippen LogP contribution in [0.5, 0.6) is 5.75 Å². The highest BCUT2D eigenvalue weighted by Gasteiger charge is 2.34. The molecule has 1 saturated heterocycles. The second kappa shape index (κ2) is 10.8. The first kappa shape index (κ1) is 24.5. The molecular weight excluding hydrogens is 470 g/mol. The molecule has 3 aromatic carbocycles. The van der Waals surface area contributed by atoms with Crippen molar-refractivity contribution in [1.82, 2.24) is 9.91 Å². The van der Waals surface area contributed by atoms with Gasteiger partial charge in [-0.05, 0) is 35.4 Å². The molecule has 1 amide bonds. The van der Waals surface area contributed by atoms with E-state index in [0.717, 1.165) is 54.5 Å². The van der Waals surface area contributed by atoms with Crippen molar-refractivity contribution >= 4 is 23.0 Å². The molecule has 0 spiro atoms. The van der Waals surface area contributed by atoms with E-state index in [1.54, 1.807) is 24.3 Å². The largest absolute Gasteiger partial charge is 0.497 e. The number of methoxy groups -OCH3 is 1. The summed E-state index contributed by atoms with van der Waals surface area (Å²) in [5.41, 5.74) is 3.98. The van der Waals surface area contributed by atoms with Gasteiger partial charge >= 0.3 is 0 Å². The number of non-ortho nitro benzene ring substituents is 1. The number of carbonyl (C=O) groups is 1. The molecule has 0 radical (unpaired) electrons. The third-order valence-corrected chi connectivity index (χ3v) is 6.93. The van der Waals surface area contributed by atoms with Gasteiger partial charge in [-0.1, -0.05) is 42.5 Å². The molecule has 0 bridgehead atoms. The lowest BCUT2D eigenvalue weighted by atomic mass is 9.98. The third-order valence-electron chi connectivity index (χ3n) is 6.93. The van der Waals surface area contributed by atoms with Gasteiger partial charge in [0.25, 0.3) is 11.6 Å². The van der Waals surface area contributed by atoms with Crippen LogP contribution >= 0.6 is 0 Å². The normalized spacial score (nSPS) is 18.0. The Balaban J connectivity index is 1.27. The Morgan fingerprint density at radius 1 is 0.973 bits per heavy atom. The van der Waals surface area contributed by atoms with Gasteiger partial charge in [-0.3, -0.25) is 19.8 Å². The summed E-state index contributed by atoms with van der Waals surface area (Å²) in [5.74, 6) is 0.741. The molecule has 2 aliphatic rings. The Kier molecular flexibility index (Phi) is 7.14. The topological polar surface area (TPSA) is 91.5 Å². The predicted molar refractivity (Wildman–Crippen MR) is 142 cm³/mol. The Morgan fingerprint density at radius 2 is 1.65 bits per heavy atom. The first-order valence-electron chi connectivity index (χ1n) is 12.3. The van der Waals surface area contributed by atoms with E-state index in [1.165, 1.54) is 12.1 Å². The quantitative estimate of drug-likeness (QED) is 0.359. The lowest BCUT2D eigenvalue weighted by Crippen LogP contribution is -2.49. The minimum absolute atomic E-state index is 0.0319. The average molecular weight is 500 g/mol. The zero-order valence-electron chi connectivity index (χ0n) is 20.7. The Labute approximate surface area is 215 Å². The number of benzene rings is 3. The van der Waals surface area contributed by atoms with E-state index in [0.29, 0.717) is 6.42 Å². The summed E-state index contributed by atoms with van der Waals surface area (Å²) in [7, 11) is 1.64. The summed E-state index contributed by atoms with van der Waals surface area (Å²) in [4.78, 5) is 28.4. The summed E-state index contributed by atoms with van der Waals surface area (Å²) in [5, 5.41) is 17.4. The van der Waals surface area contributed by atoms with Gasteiger partial charge in [0.1, 0.15) is 5.75 Å². The molecule has 1 atom stereocenters. The van der Waals surface area contributed by atoms with E-state index < -0.39 is 4.92 Å². The van der Waals surface area contributed by atoms with Crippen molar-refractivity contribution in [3.8, 4) is 5.75 Å². The molecule has 9 heteroatoms. The van der Waals surface area contributed by atoms with Crippen LogP contribution in [0.4, 0.5) is 11.4 Å². The Bertz CT molecular complexity index is 1270. The van der Waals surface area contributed by atoms with Gasteiger partial charge in [0, 0.05) is 50.4 Å². The standard InChI is InChI=1S/C28H29N5O4/c1-37-25-13-7-22(8-14-25)27-19-26(21-5-3-2-4-6-21)29-32(27)28(34)20-30-15-17-31(18-16-30)23-9-11-24(12-10-23)33(35)36/h2-14,27H,15-20H2,1H3. The molecule has 37 heavy (non-hydrogen) atoms. The van der Waals surface area contributed by atoms with E-state index in [9.17, 15) is 14.9 Å². The predicted octanol–water partition coefficient (Wildman–Crippen LogP) is 4.10. The van der Waals surface area contributed by atoms with E-state index in [-0.39, 0.29) is 24.2 Å². The van der Waals surface area contributed by atoms with Crippen LogP contribution in [0.25, 0.3) is 0 Å². The van der Waals surface area contributed by atoms with Crippen molar-refractivity contribution in [3.05, 3.63) is 100 Å². The minimum Gasteiger partial charge on any atom is -0.497 e. The summed E-state index contributed by atoms with van der Waals surface area (Å²) < 4.78 is 5.30. The van der Waals surface area contributed by atoms with Crippen LogP contribution < -0.4 is 9.64 Å². The maximum atomic E-state index is 13.5. The van der Waals surface area contributed by atoms with Crippen LogP contribution in [0.3, 0.4) is 0 Å². The molecule has 3 aromatic rings. The highest BCUT2D eigenvalue weighted by Crippen LogP contribution is 2.34. The number of amides is 1. The van der Waals surface area contributed by atoms with Crippen molar-refractivity contribution in [2.24, 2.45) is 5.10 Å². The number of hydrogen-bond donors (Lipinski definition) is 0. The SMILES string of the molecule is COc1ccc(C2CC(c3ccccc3)=NN2C(=O)CN2CCN(c3ccc([N+](=O)[O-])cc3)CC2)cc1. The fourth-order valence-electron chi connectivity index (χ4n) is 4.84. The van der Waals surface area contributed by atoms with Crippen molar-refractivity contribution < 1.29 is 14.5 Å². The van der Waals surface area contributed by atoms with Gasteiger partial charge in [-0.2, -0.15) is 5.10 Å². The molecule has 0 aliphatic carbocycles. The van der Waals surface area contributed by atoms with Gasteiger partial charge < -0.3 is 9.64 Å². The van der Waals surface area contributed by atoms with Crippen LogP contribution in [0.1, 0.15) is 23.6 Å². The highest BCUT2D eigenvalue weighted by atomic mass is 16.6. The zero-order chi connectivity index (χ0) is 25.8. The van der Waals surface area contributed by atoms with Crippen LogP contribution in [-0.2, 0) is 4.79 Å². The molecular formula is C28H29N5O4. The van der Waals surface area contributed by atoms with Gasteiger partial charge in [0.2, 0.25) is 0 Å². The van der Waals surface area contributed by atoms with Crippen molar-refractivity contribution in [2.75, 3.05) is 44.7 Å². The zero-order valence-corrected chi connectivity index (χ0v) is 20.7. The van der Waals surface area contributed by atoms with Gasteiger partial charge in [0.05, 0.1) is 30.3 Å². The summed E-state index contributed by atoms with van der Waals surface area (Å²) in [6, 6.07) is 24.2. The van der Waals surface area contributed by atoms with Crippen molar-refractivity contribution in [3.63, 3.8) is 0 Å². The molecule has 1 unspecified atom stereocenters. The van der Waals surface area contributed by atoms with Gasteiger partial charge in [-0.15, -0.1) is 0 Å². The van der Waals surface area contributed by atoms with Gasteiger partial charge in [-0.25, -0.2) is 5.01 Å². The number of ether oxygens (including phenoxy) is 1. The number of carbonyl (C=O) groups excluding carboxylic acids is 1. The first-order valence-corrected chi connectivity index (χ1v) is 12.3. The number of hydrazone groups is 1. The lowest BCUT2D eigenvalue weighted by Gasteiger charge is -2.36. The molecule has 5 rings (SSSR count). The number of nitrogens with zero attached hydrogens (tertiary/aromatic N) is 5. The van der Waals surface area contributed by atoms with Crippen LogP contribution in [-0.4, -0.2) is 66.3 Å². The van der Waals surface area contributed by atoms with Crippen LogP contribution in [0.15, 0.2) is 84.0 Å². The number of anilines is 1. The molecule has 190 valence electrons. The monoisotopic (exact) mass is 499 g/mol. The van der Waals surface area contributed by atoms with E-state index in [2.05, 4.69) is 9.80 Å². The molecule has 0 saturated carbocycles. The Hall–Kier alpha value is -4.24. The maximum Gasteiger partial charge on any atom is 0.269 e. The van der Waals surface area contributed by atoms with Crippen molar-refractivity contribution in [2.45, 2.75) is 12.5 Å². The Morgan fingerprint density at radius 3 is 2.27 bits per heavy atom. The van der Waals surface area contributed by atoms with Crippen molar-refractivity contribution in [1.29, 1.82) is 0 Å². The maximum absolute atomic E-state index is 13.5. The van der Waals surface area contributed by atoms with E-state index in [1.807, 2.05) is 54.6 Å². The van der Waals surface area contributed by atoms with E-state index >= 15 is 0 Å². The van der Waals surface area contributed by atoms with E-state index in [4.69, 9.17) is 9.84 Å². The lowest BCUT2D eigenvalue weighted by molar-refractivity contribution is -0.384. The smallest absolute Gasteiger partial charge is 0.269 e. The summed E-state index contributed by atoms with van der Waals surface area (Å²) in [6.07, 6.45) is 0.649. The minimum atomic E-state index is -0.392. The second-order valence-corrected chi connectivity index (χ2v) is 9.18.